The van der Waals surface area contributed by atoms with Crippen molar-refractivity contribution in [3.05, 3.63) is 60.2 Å². The molecule has 23 heavy (non-hydrogen) atoms. The van der Waals surface area contributed by atoms with E-state index in [2.05, 4.69) is 17.6 Å². The maximum Gasteiger partial charge on any atom is 0.238 e. The molecule has 0 radical (unpaired) electrons. The Morgan fingerprint density at radius 2 is 1.91 bits per heavy atom. The fraction of sp³-hybridized carbons (Fsp3) is 0.316. The average Bonchev–Trinajstić information content (AvgIpc) is 2.56. The normalized spacial score (nSPS) is 10.3. The Hall–Kier alpha value is -2.33. The third-order valence-electron chi connectivity index (χ3n) is 3.34. The summed E-state index contributed by atoms with van der Waals surface area (Å²) in [5.41, 5.74) is 1.91. The second-order valence-corrected chi connectivity index (χ2v) is 5.37. The van der Waals surface area contributed by atoms with E-state index < -0.39 is 0 Å². The molecule has 2 aromatic carbocycles. The van der Waals surface area contributed by atoms with Gasteiger partial charge in [0.1, 0.15) is 5.75 Å². The van der Waals surface area contributed by atoms with Crippen LogP contribution in [0.4, 0.5) is 5.69 Å². The van der Waals surface area contributed by atoms with Gasteiger partial charge in [0.15, 0.2) is 0 Å². The van der Waals surface area contributed by atoms with Crippen LogP contribution in [0.3, 0.4) is 0 Å². The van der Waals surface area contributed by atoms with E-state index in [0.717, 1.165) is 29.8 Å². The van der Waals surface area contributed by atoms with Crippen LogP contribution in [0.25, 0.3) is 0 Å². The number of rotatable bonds is 9. The van der Waals surface area contributed by atoms with Gasteiger partial charge in [0.25, 0.3) is 0 Å². The van der Waals surface area contributed by atoms with Gasteiger partial charge in [-0.15, -0.1) is 0 Å². The molecular formula is C19H24N2O2. The SMILES string of the molecule is CCCCOc1cccc(NC(=O)CNCc2ccccc2)c1. The molecule has 2 N–H and O–H groups in total. The van der Waals surface area contributed by atoms with Crippen LogP contribution < -0.4 is 15.4 Å². The van der Waals surface area contributed by atoms with E-state index in [1.165, 1.54) is 0 Å². The maximum absolute atomic E-state index is 12.0. The molecule has 2 rings (SSSR count). The van der Waals surface area contributed by atoms with Crippen molar-refractivity contribution in [1.82, 2.24) is 5.32 Å². The Kier molecular flexibility index (Phi) is 7.14. The zero-order chi connectivity index (χ0) is 16.3. The molecule has 0 saturated heterocycles. The Morgan fingerprint density at radius 3 is 2.70 bits per heavy atom. The molecule has 0 spiro atoms. The van der Waals surface area contributed by atoms with Crippen molar-refractivity contribution in [3.63, 3.8) is 0 Å². The molecule has 122 valence electrons. The maximum atomic E-state index is 12.0. The van der Waals surface area contributed by atoms with Crippen molar-refractivity contribution in [1.29, 1.82) is 0 Å². The Bertz CT molecular complexity index is 599. The topological polar surface area (TPSA) is 50.4 Å². The lowest BCUT2D eigenvalue weighted by Gasteiger charge is -2.09. The number of ether oxygens (including phenoxy) is 1. The molecule has 0 aromatic heterocycles. The summed E-state index contributed by atoms with van der Waals surface area (Å²) >= 11 is 0. The molecule has 2 aromatic rings. The number of carbonyl (C=O) groups is 1. The monoisotopic (exact) mass is 312 g/mol. The molecule has 4 nitrogen and oxygen atoms in total. The molecule has 4 heteroatoms. The van der Waals surface area contributed by atoms with Crippen molar-refractivity contribution in [2.24, 2.45) is 0 Å². The van der Waals surface area contributed by atoms with Gasteiger partial charge in [-0.3, -0.25) is 4.79 Å². The molecular weight excluding hydrogens is 288 g/mol. The number of unbranched alkanes of at least 4 members (excludes halogenated alkanes) is 1. The van der Waals surface area contributed by atoms with Gasteiger partial charge in [0.05, 0.1) is 13.2 Å². The van der Waals surface area contributed by atoms with Gasteiger partial charge in [0.2, 0.25) is 5.91 Å². The van der Waals surface area contributed by atoms with Crippen LogP contribution in [-0.2, 0) is 11.3 Å². The highest BCUT2D eigenvalue weighted by molar-refractivity contribution is 5.92. The van der Waals surface area contributed by atoms with E-state index in [-0.39, 0.29) is 12.5 Å². The smallest absolute Gasteiger partial charge is 0.238 e. The molecule has 0 atom stereocenters. The summed E-state index contributed by atoms with van der Waals surface area (Å²) < 4.78 is 5.64. The van der Waals surface area contributed by atoms with Gasteiger partial charge >= 0.3 is 0 Å². The first kappa shape index (κ1) is 17.0. The number of nitrogens with one attached hydrogen (secondary N) is 2. The fourth-order valence-corrected chi connectivity index (χ4v) is 2.12. The van der Waals surface area contributed by atoms with Crippen LogP contribution in [0.2, 0.25) is 0 Å². The van der Waals surface area contributed by atoms with E-state index in [1.807, 2.05) is 54.6 Å². The number of anilines is 1. The Labute approximate surface area is 137 Å². The lowest BCUT2D eigenvalue weighted by atomic mass is 10.2. The number of hydrogen-bond acceptors (Lipinski definition) is 3. The average molecular weight is 312 g/mol. The molecule has 1 amide bonds. The lowest BCUT2D eigenvalue weighted by Crippen LogP contribution is -2.27. The highest BCUT2D eigenvalue weighted by Gasteiger charge is 2.03. The number of carbonyl (C=O) groups excluding carboxylic acids is 1. The fourth-order valence-electron chi connectivity index (χ4n) is 2.12. The minimum atomic E-state index is -0.0633. The molecule has 0 heterocycles. The van der Waals surface area contributed by atoms with Crippen LogP contribution in [0.15, 0.2) is 54.6 Å². The second-order valence-electron chi connectivity index (χ2n) is 5.37. The van der Waals surface area contributed by atoms with Crippen molar-refractivity contribution in [2.75, 3.05) is 18.5 Å². The molecule has 0 unspecified atom stereocenters. The number of hydrogen-bond donors (Lipinski definition) is 2. The first-order valence-electron chi connectivity index (χ1n) is 8.05. The predicted octanol–water partition coefficient (Wildman–Crippen LogP) is 3.59. The second kappa shape index (κ2) is 9.64. The highest BCUT2D eigenvalue weighted by Crippen LogP contribution is 2.17. The first-order valence-corrected chi connectivity index (χ1v) is 8.05. The largest absolute Gasteiger partial charge is 0.494 e. The predicted molar refractivity (Wildman–Crippen MR) is 93.6 cm³/mol. The molecule has 0 aliphatic rings. The van der Waals surface area contributed by atoms with Crippen molar-refractivity contribution in [2.45, 2.75) is 26.3 Å². The third-order valence-corrected chi connectivity index (χ3v) is 3.34. The van der Waals surface area contributed by atoms with E-state index in [9.17, 15) is 4.79 Å². The van der Waals surface area contributed by atoms with Crippen molar-refractivity contribution >= 4 is 11.6 Å². The van der Waals surface area contributed by atoms with E-state index in [0.29, 0.717) is 13.2 Å². The summed E-state index contributed by atoms with van der Waals surface area (Å²) in [5, 5.41) is 6.01. The summed E-state index contributed by atoms with van der Waals surface area (Å²) in [5.74, 6) is 0.722. The van der Waals surface area contributed by atoms with Gasteiger partial charge in [-0.25, -0.2) is 0 Å². The number of amides is 1. The highest BCUT2D eigenvalue weighted by atomic mass is 16.5. The number of benzene rings is 2. The summed E-state index contributed by atoms with van der Waals surface area (Å²) in [6.45, 7) is 3.78. The van der Waals surface area contributed by atoms with E-state index in [1.54, 1.807) is 0 Å². The van der Waals surface area contributed by atoms with Crippen molar-refractivity contribution < 1.29 is 9.53 Å². The van der Waals surface area contributed by atoms with Gasteiger partial charge in [-0.1, -0.05) is 49.7 Å². The van der Waals surface area contributed by atoms with Crippen LogP contribution in [-0.4, -0.2) is 19.1 Å². The quantitative estimate of drug-likeness (QED) is 0.696. The molecule has 0 fully saturated rings. The van der Waals surface area contributed by atoms with E-state index >= 15 is 0 Å². The summed E-state index contributed by atoms with van der Waals surface area (Å²) in [4.78, 5) is 12.0. The minimum Gasteiger partial charge on any atom is -0.494 e. The Balaban J connectivity index is 1.75. The lowest BCUT2D eigenvalue weighted by molar-refractivity contribution is -0.115. The first-order chi connectivity index (χ1) is 11.3. The minimum absolute atomic E-state index is 0.0633. The standard InChI is InChI=1S/C19H24N2O2/c1-2-3-12-23-18-11-7-10-17(13-18)21-19(22)15-20-14-16-8-5-4-6-9-16/h4-11,13,20H,2-3,12,14-15H2,1H3,(H,21,22). The van der Waals surface area contributed by atoms with Crippen LogP contribution in [0.1, 0.15) is 25.3 Å². The zero-order valence-electron chi connectivity index (χ0n) is 13.5. The summed E-state index contributed by atoms with van der Waals surface area (Å²) in [6, 6.07) is 17.5. The molecule has 0 aliphatic heterocycles. The van der Waals surface area contributed by atoms with Gasteiger partial charge in [0, 0.05) is 18.3 Å². The van der Waals surface area contributed by atoms with E-state index in [4.69, 9.17) is 4.74 Å². The molecule has 0 saturated carbocycles. The van der Waals surface area contributed by atoms with Crippen molar-refractivity contribution in [3.8, 4) is 5.75 Å². The van der Waals surface area contributed by atoms with Gasteiger partial charge in [-0.05, 0) is 24.1 Å². The summed E-state index contributed by atoms with van der Waals surface area (Å²) in [6.07, 6.45) is 2.13. The summed E-state index contributed by atoms with van der Waals surface area (Å²) in [7, 11) is 0. The van der Waals surface area contributed by atoms with Crippen LogP contribution >= 0.6 is 0 Å². The molecule has 0 bridgehead atoms. The third kappa shape index (κ3) is 6.53. The van der Waals surface area contributed by atoms with Crippen LogP contribution in [0, 0.1) is 0 Å². The van der Waals surface area contributed by atoms with Gasteiger partial charge in [-0.2, -0.15) is 0 Å². The zero-order valence-corrected chi connectivity index (χ0v) is 13.5. The van der Waals surface area contributed by atoms with Gasteiger partial charge < -0.3 is 15.4 Å². The van der Waals surface area contributed by atoms with Crippen LogP contribution in [0.5, 0.6) is 5.75 Å². The molecule has 0 aliphatic carbocycles. The Morgan fingerprint density at radius 1 is 1.09 bits per heavy atom.